The topological polar surface area (TPSA) is 28.5 Å². The molecule has 2 aliphatic rings. The third kappa shape index (κ3) is 3.49. The molecule has 1 aromatic heterocycles. The first-order chi connectivity index (χ1) is 12.6. The van der Waals surface area contributed by atoms with E-state index in [-0.39, 0.29) is 0 Å². The Morgan fingerprint density at radius 3 is 2.77 bits per heavy atom. The Morgan fingerprint density at radius 1 is 1.15 bits per heavy atom. The number of halogens is 1. The number of nitrogens with zero attached hydrogens (tertiary/aromatic N) is 3. The molecule has 0 radical (unpaired) electrons. The van der Waals surface area contributed by atoms with Crippen molar-refractivity contribution in [3.63, 3.8) is 0 Å². The van der Waals surface area contributed by atoms with Crippen molar-refractivity contribution in [2.75, 3.05) is 26.7 Å². The van der Waals surface area contributed by atoms with Crippen LogP contribution in [-0.4, -0.2) is 47.0 Å². The molecule has 4 rings (SSSR count). The summed E-state index contributed by atoms with van der Waals surface area (Å²) in [5.74, 6) is 0.329. The van der Waals surface area contributed by atoms with Crippen LogP contribution in [0.3, 0.4) is 0 Å². The van der Waals surface area contributed by atoms with E-state index in [2.05, 4.69) is 33.5 Å². The number of aromatic nitrogens is 1. The molecular weight excluding hydrogens is 346 g/mol. The molecule has 1 fully saturated rings. The molecule has 0 spiro atoms. The van der Waals surface area contributed by atoms with Crippen LogP contribution in [0, 0.1) is 0 Å². The Bertz CT molecular complexity index is 807. The molecule has 0 aliphatic carbocycles. The summed E-state index contributed by atoms with van der Waals surface area (Å²) in [6, 6.07) is 6.23. The van der Waals surface area contributed by atoms with Gasteiger partial charge in [0.2, 0.25) is 5.91 Å². The van der Waals surface area contributed by atoms with Gasteiger partial charge in [0, 0.05) is 60.8 Å². The molecule has 0 bridgehead atoms. The Kier molecular flexibility index (Phi) is 5.23. The number of aryl methyl sites for hydroxylation is 1. The first kappa shape index (κ1) is 17.9. The average molecular weight is 374 g/mol. The van der Waals surface area contributed by atoms with Gasteiger partial charge in [-0.05, 0) is 62.9 Å². The number of amides is 1. The van der Waals surface area contributed by atoms with Gasteiger partial charge in [-0.3, -0.25) is 4.79 Å². The molecule has 0 N–H and O–H groups in total. The van der Waals surface area contributed by atoms with Crippen LogP contribution in [0.15, 0.2) is 18.2 Å². The van der Waals surface area contributed by atoms with E-state index in [1.807, 2.05) is 6.07 Å². The minimum atomic E-state index is 0.329. The van der Waals surface area contributed by atoms with Crippen molar-refractivity contribution in [2.45, 2.75) is 51.6 Å². The third-order valence-electron chi connectivity index (χ3n) is 5.89. The highest BCUT2D eigenvalue weighted by Gasteiger charge is 2.23. The van der Waals surface area contributed by atoms with Crippen LogP contribution < -0.4 is 0 Å². The van der Waals surface area contributed by atoms with E-state index in [0.717, 1.165) is 63.4 Å². The fourth-order valence-electron chi connectivity index (χ4n) is 4.49. The molecule has 0 saturated carbocycles. The predicted molar refractivity (Wildman–Crippen MR) is 107 cm³/mol. The maximum absolute atomic E-state index is 12.5. The van der Waals surface area contributed by atoms with E-state index in [1.54, 1.807) is 0 Å². The fourth-order valence-corrected chi connectivity index (χ4v) is 4.66. The van der Waals surface area contributed by atoms with Crippen LogP contribution in [-0.2, 0) is 24.3 Å². The molecule has 1 amide bonds. The lowest BCUT2D eigenvalue weighted by Gasteiger charge is -2.27. The molecular formula is C21H28ClN3O. The van der Waals surface area contributed by atoms with Gasteiger partial charge in [-0.25, -0.2) is 0 Å². The van der Waals surface area contributed by atoms with Gasteiger partial charge in [0.1, 0.15) is 0 Å². The first-order valence-corrected chi connectivity index (χ1v) is 10.3. The van der Waals surface area contributed by atoms with Gasteiger partial charge in [-0.2, -0.15) is 0 Å². The molecule has 2 aliphatic heterocycles. The van der Waals surface area contributed by atoms with Crippen LogP contribution in [0.1, 0.15) is 43.4 Å². The molecule has 3 heterocycles. The Morgan fingerprint density at radius 2 is 1.96 bits per heavy atom. The van der Waals surface area contributed by atoms with Crippen molar-refractivity contribution in [1.82, 2.24) is 14.4 Å². The molecule has 0 unspecified atom stereocenters. The van der Waals surface area contributed by atoms with Gasteiger partial charge in [-0.1, -0.05) is 11.6 Å². The second kappa shape index (κ2) is 7.61. The Hall–Kier alpha value is -1.52. The predicted octanol–water partition coefficient (Wildman–Crippen LogP) is 4.08. The van der Waals surface area contributed by atoms with E-state index in [4.69, 9.17) is 11.6 Å². The van der Waals surface area contributed by atoms with Crippen molar-refractivity contribution < 1.29 is 4.79 Å². The van der Waals surface area contributed by atoms with Crippen molar-refractivity contribution in [2.24, 2.45) is 0 Å². The van der Waals surface area contributed by atoms with Gasteiger partial charge in [-0.15, -0.1) is 0 Å². The normalized spacial score (nSPS) is 18.3. The zero-order valence-electron chi connectivity index (χ0n) is 15.6. The van der Waals surface area contributed by atoms with E-state index < -0.39 is 0 Å². The minimum absolute atomic E-state index is 0.329. The Balaban J connectivity index is 1.52. The van der Waals surface area contributed by atoms with Crippen LogP contribution in [0.4, 0.5) is 0 Å². The highest BCUT2D eigenvalue weighted by Crippen LogP contribution is 2.32. The zero-order valence-corrected chi connectivity index (χ0v) is 16.4. The van der Waals surface area contributed by atoms with Crippen molar-refractivity contribution in [3.8, 4) is 0 Å². The lowest BCUT2D eigenvalue weighted by molar-refractivity contribution is -0.132. The molecule has 1 saturated heterocycles. The van der Waals surface area contributed by atoms with Gasteiger partial charge in [0.15, 0.2) is 0 Å². The number of carbonyl (C=O) groups excluding carboxylic acids is 1. The van der Waals surface area contributed by atoms with Gasteiger partial charge < -0.3 is 14.4 Å². The monoisotopic (exact) mass is 373 g/mol. The van der Waals surface area contributed by atoms with E-state index in [0.29, 0.717) is 12.3 Å². The van der Waals surface area contributed by atoms with Crippen LogP contribution in [0.2, 0.25) is 5.02 Å². The molecule has 140 valence electrons. The minimum Gasteiger partial charge on any atom is -0.343 e. The summed E-state index contributed by atoms with van der Waals surface area (Å²) in [6.45, 7) is 4.86. The number of fused-ring (bicyclic) bond motifs is 3. The van der Waals surface area contributed by atoms with Crippen molar-refractivity contribution in [3.05, 3.63) is 34.5 Å². The van der Waals surface area contributed by atoms with Gasteiger partial charge in [0.25, 0.3) is 0 Å². The molecule has 26 heavy (non-hydrogen) atoms. The van der Waals surface area contributed by atoms with Gasteiger partial charge in [0.05, 0.1) is 0 Å². The van der Waals surface area contributed by atoms with Crippen LogP contribution >= 0.6 is 11.6 Å². The summed E-state index contributed by atoms with van der Waals surface area (Å²) in [4.78, 5) is 16.9. The van der Waals surface area contributed by atoms with Crippen LogP contribution in [0.25, 0.3) is 10.9 Å². The van der Waals surface area contributed by atoms with Crippen molar-refractivity contribution >= 4 is 28.4 Å². The number of hydrogen-bond acceptors (Lipinski definition) is 2. The molecule has 0 atom stereocenters. The number of hydrogen-bond donors (Lipinski definition) is 0. The third-order valence-corrected chi connectivity index (χ3v) is 6.13. The maximum Gasteiger partial charge on any atom is 0.222 e. The van der Waals surface area contributed by atoms with E-state index in [9.17, 15) is 4.79 Å². The number of rotatable bonds is 4. The molecule has 4 nitrogen and oxygen atoms in total. The number of likely N-dealkylation sites (N-methyl/N-ethyl adjacent to an activating group) is 1. The lowest BCUT2D eigenvalue weighted by atomic mass is 10.0. The number of benzene rings is 1. The quantitative estimate of drug-likeness (QED) is 0.808. The molecule has 5 heteroatoms. The summed E-state index contributed by atoms with van der Waals surface area (Å²) < 4.78 is 2.43. The van der Waals surface area contributed by atoms with Gasteiger partial charge >= 0.3 is 0 Å². The average Bonchev–Trinajstić information content (AvgIpc) is 2.94. The zero-order chi connectivity index (χ0) is 18.1. The smallest absolute Gasteiger partial charge is 0.222 e. The van der Waals surface area contributed by atoms with Crippen LogP contribution in [0.5, 0.6) is 0 Å². The maximum atomic E-state index is 12.5. The standard InChI is InChI=1S/C21H28ClN3O/c1-23-13-9-17-18-14-16(22)7-8-19(18)25(20(17)15-23)12-5-6-21(26)24-10-3-2-4-11-24/h7-8,14H,2-6,9-13,15H2,1H3. The summed E-state index contributed by atoms with van der Waals surface area (Å²) in [6.07, 6.45) is 6.21. The number of carbonyl (C=O) groups is 1. The number of piperidine rings is 1. The molecule has 2 aromatic rings. The second-order valence-electron chi connectivity index (χ2n) is 7.77. The Labute approximate surface area is 160 Å². The first-order valence-electron chi connectivity index (χ1n) is 9.89. The summed E-state index contributed by atoms with van der Waals surface area (Å²) in [5.41, 5.74) is 4.12. The second-order valence-corrected chi connectivity index (χ2v) is 8.21. The summed E-state index contributed by atoms with van der Waals surface area (Å²) >= 11 is 6.26. The highest BCUT2D eigenvalue weighted by atomic mass is 35.5. The fraction of sp³-hybridized carbons (Fsp3) is 0.571. The summed E-state index contributed by atoms with van der Waals surface area (Å²) in [5, 5.41) is 2.10. The molecule has 1 aromatic carbocycles. The van der Waals surface area contributed by atoms with E-state index in [1.165, 1.54) is 28.6 Å². The lowest BCUT2D eigenvalue weighted by Crippen LogP contribution is -2.35. The highest BCUT2D eigenvalue weighted by molar-refractivity contribution is 6.31. The summed E-state index contributed by atoms with van der Waals surface area (Å²) in [7, 11) is 2.18. The SMILES string of the molecule is CN1CCc2c(n(CCCC(=O)N3CCCCC3)c3ccc(Cl)cc23)C1. The number of likely N-dealkylation sites (tertiary alicyclic amines) is 1. The van der Waals surface area contributed by atoms with Crippen molar-refractivity contribution in [1.29, 1.82) is 0 Å². The van der Waals surface area contributed by atoms with E-state index >= 15 is 0 Å². The largest absolute Gasteiger partial charge is 0.343 e.